The monoisotopic (exact) mass is 195 g/mol. The molecule has 0 saturated carbocycles. The number of rotatable bonds is 0. The van der Waals surface area contributed by atoms with Crippen molar-refractivity contribution >= 4 is 11.6 Å². The summed E-state index contributed by atoms with van der Waals surface area (Å²) in [6.45, 7) is 0.974. The maximum absolute atomic E-state index is 8.80. The van der Waals surface area contributed by atoms with Crippen molar-refractivity contribution in [1.29, 1.82) is 5.26 Å². The number of ether oxygens (including phenoxy) is 2. The minimum atomic E-state index is 0.346. The van der Waals surface area contributed by atoms with Gasteiger partial charge >= 0.3 is 0 Å². The number of hydrogen-bond donors (Lipinski definition) is 0. The van der Waals surface area contributed by atoms with Gasteiger partial charge in [0, 0.05) is 0 Å². The number of fused-ring (bicyclic) bond motifs is 1. The number of benzene rings is 1. The van der Waals surface area contributed by atoms with Gasteiger partial charge in [-0.05, 0) is 12.1 Å². The molecule has 1 aromatic carbocycles. The summed E-state index contributed by atoms with van der Waals surface area (Å²) in [5.74, 6) is 1.05. The van der Waals surface area contributed by atoms with Gasteiger partial charge in [-0.3, -0.25) is 0 Å². The lowest BCUT2D eigenvalue weighted by atomic mass is 10.2. The first-order valence-corrected chi connectivity index (χ1v) is 4.19. The third-order valence-corrected chi connectivity index (χ3v) is 2.08. The van der Waals surface area contributed by atoms with Crippen LogP contribution in [0, 0.1) is 11.3 Å². The number of nitriles is 1. The lowest BCUT2D eigenvalue weighted by Crippen LogP contribution is -2.16. The molecule has 1 aliphatic heterocycles. The van der Waals surface area contributed by atoms with E-state index in [1.165, 1.54) is 0 Å². The molecule has 0 aromatic heterocycles. The molecule has 0 N–H and O–H groups in total. The summed E-state index contributed by atoms with van der Waals surface area (Å²) in [5, 5.41) is 9.20. The van der Waals surface area contributed by atoms with E-state index in [1.807, 2.05) is 6.07 Å². The summed E-state index contributed by atoms with van der Waals surface area (Å²) in [6.07, 6.45) is 0. The summed E-state index contributed by atoms with van der Waals surface area (Å²) in [5.41, 5.74) is 0.346. The Kier molecular flexibility index (Phi) is 1.99. The van der Waals surface area contributed by atoms with Gasteiger partial charge < -0.3 is 9.47 Å². The first-order chi connectivity index (χ1) is 6.33. The zero-order chi connectivity index (χ0) is 9.26. The highest BCUT2D eigenvalue weighted by molar-refractivity contribution is 6.32. The largest absolute Gasteiger partial charge is 0.486 e. The molecule has 0 spiro atoms. The maximum Gasteiger partial charge on any atom is 0.180 e. The van der Waals surface area contributed by atoms with Crippen LogP contribution in [-0.4, -0.2) is 13.2 Å². The molecule has 1 heterocycles. The van der Waals surface area contributed by atoms with Crippen molar-refractivity contribution in [2.24, 2.45) is 0 Å². The molecular weight excluding hydrogens is 190 g/mol. The van der Waals surface area contributed by atoms with E-state index in [9.17, 15) is 0 Å². The third-order valence-electron chi connectivity index (χ3n) is 1.77. The van der Waals surface area contributed by atoms with Crippen LogP contribution in [0.2, 0.25) is 5.02 Å². The Morgan fingerprint density at radius 3 is 2.85 bits per heavy atom. The van der Waals surface area contributed by atoms with Crippen molar-refractivity contribution in [3.05, 3.63) is 22.7 Å². The molecule has 1 aromatic rings. The fourth-order valence-corrected chi connectivity index (χ4v) is 1.39. The summed E-state index contributed by atoms with van der Waals surface area (Å²) in [6, 6.07) is 5.33. The number of nitrogens with zero attached hydrogens (tertiary/aromatic N) is 1. The predicted octanol–water partition coefficient (Wildman–Crippen LogP) is 1.98. The van der Waals surface area contributed by atoms with E-state index in [0.29, 0.717) is 35.3 Å². The maximum atomic E-state index is 8.80. The molecule has 13 heavy (non-hydrogen) atoms. The molecule has 2 rings (SSSR count). The molecule has 0 aliphatic carbocycles. The molecule has 0 radical (unpaired) electrons. The predicted molar refractivity (Wildman–Crippen MR) is 47.2 cm³/mol. The Morgan fingerprint density at radius 2 is 2.08 bits per heavy atom. The van der Waals surface area contributed by atoms with Crippen molar-refractivity contribution in [2.45, 2.75) is 0 Å². The van der Waals surface area contributed by atoms with Crippen molar-refractivity contribution in [2.75, 3.05) is 13.2 Å². The second-order valence-corrected chi connectivity index (χ2v) is 2.97. The van der Waals surface area contributed by atoms with Crippen molar-refractivity contribution in [3.63, 3.8) is 0 Å². The van der Waals surface area contributed by atoms with Gasteiger partial charge in [-0.1, -0.05) is 11.6 Å². The summed E-state index contributed by atoms with van der Waals surface area (Å²) < 4.78 is 10.6. The van der Waals surface area contributed by atoms with Gasteiger partial charge in [-0.2, -0.15) is 5.26 Å². The van der Waals surface area contributed by atoms with Crippen LogP contribution in [0.5, 0.6) is 11.5 Å². The van der Waals surface area contributed by atoms with E-state index in [-0.39, 0.29) is 0 Å². The highest BCUT2D eigenvalue weighted by atomic mass is 35.5. The Labute approximate surface area is 80.4 Å². The molecule has 0 unspecified atom stereocenters. The average molecular weight is 196 g/mol. The minimum absolute atomic E-state index is 0.346. The summed E-state index contributed by atoms with van der Waals surface area (Å²) in [7, 11) is 0. The zero-order valence-electron chi connectivity index (χ0n) is 6.71. The van der Waals surface area contributed by atoms with E-state index in [2.05, 4.69) is 0 Å². The molecule has 0 fully saturated rings. The minimum Gasteiger partial charge on any atom is -0.486 e. The van der Waals surface area contributed by atoms with E-state index in [1.54, 1.807) is 12.1 Å². The second-order valence-electron chi connectivity index (χ2n) is 2.56. The molecular formula is C9H6ClNO2. The van der Waals surface area contributed by atoms with E-state index >= 15 is 0 Å². The van der Waals surface area contributed by atoms with Crippen LogP contribution in [0.3, 0.4) is 0 Å². The third kappa shape index (κ3) is 1.30. The highest BCUT2D eigenvalue weighted by Crippen LogP contribution is 2.37. The molecule has 1 aliphatic rings. The van der Waals surface area contributed by atoms with Crippen LogP contribution in [-0.2, 0) is 0 Å². The molecule has 0 amide bonds. The van der Waals surface area contributed by atoms with Gasteiger partial charge in [-0.25, -0.2) is 0 Å². The lowest BCUT2D eigenvalue weighted by Gasteiger charge is -2.19. The normalized spacial score (nSPS) is 13.5. The molecule has 0 saturated heterocycles. The Balaban J connectivity index is 2.60. The standard InChI is InChI=1S/C9H6ClNO2/c10-7-1-2-8-9(6(7)5-11)13-4-3-12-8/h1-2H,3-4H2. The summed E-state index contributed by atoms with van der Waals surface area (Å²) >= 11 is 5.80. The van der Waals surface area contributed by atoms with E-state index in [0.717, 1.165) is 0 Å². The highest BCUT2D eigenvalue weighted by Gasteiger charge is 2.18. The first-order valence-electron chi connectivity index (χ1n) is 3.81. The molecule has 66 valence electrons. The van der Waals surface area contributed by atoms with Gasteiger partial charge in [0.2, 0.25) is 0 Å². The van der Waals surface area contributed by atoms with Crippen LogP contribution < -0.4 is 9.47 Å². The number of hydrogen-bond acceptors (Lipinski definition) is 3. The van der Waals surface area contributed by atoms with Gasteiger partial charge in [0.15, 0.2) is 11.5 Å². The van der Waals surface area contributed by atoms with Crippen LogP contribution in [0.15, 0.2) is 12.1 Å². The topological polar surface area (TPSA) is 42.2 Å². The average Bonchev–Trinajstić information content (AvgIpc) is 2.18. The van der Waals surface area contributed by atoms with Crippen LogP contribution in [0.4, 0.5) is 0 Å². The van der Waals surface area contributed by atoms with Crippen molar-refractivity contribution < 1.29 is 9.47 Å². The SMILES string of the molecule is N#Cc1c(Cl)ccc2c1OCCO2. The Morgan fingerprint density at radius 1 is 1.31 bits per heavy atom. The van der Waals surface area contributed by atoms with E-state index in [4.69, 9.17) is 26.3 Å². The fourth-order valence-electron chi connectivity index (χ4n) is 1.20. The smallest absolute Gasteiger partial charge is 0.180 e. The van der Waals surface area contributed by atoms with Gasteiger partial charge in [-0.15, -0.1) is 0 Å². The molecule has 0 atom stereocenters. The fraction of sp³-hybridized carbons (Fsp3) is 0.222. The number of halogens is 1. The molecule has 3 nitrogen and oxygen atoms in total. The van der Waals surface area contributed by atoms with Crippen molar-refractivity contribution in [1.82, 2.24) is 0 Å². The van der Waals surface area contributed by atoms with E-state index < -0.39 is 0 Å². The quantitative estimate of drug-likeness (QED) is 0.636. The molecule has 0 bridgehead atoms. The van der Waals surface area contributed by atoms with Crippen molar-refractivity contribution in [3.8, 4) is 17.6 Å². The Bertz CT molecular complexity index is 384. The molecule has 4 heteroatoms. The second kappa shape index (κ2) is 3.15. The zero-order valence-corrected chi connectivity index (χ0v) is 7.47. The van der Waals surface area contributed by atoms with Gasteiger partial charge in [0.05, 0.1) is 5.02 Å². The summed E-state index contributed by atoms with van der Waals surface area (Å²) in [4.78, 5) is 0. The Hall–Kier alpha value is -1.40. The first kappa shape index (κ1) is 8.21. The van der Waals surface area contributed by atoms with Gasteiger partial charge in [0.1, 0.15) is 24.8 Å². The van der Waals surface area contributed by atoms with Crippen LogP contribution in [0.1, 0.15) is 5.56 Å². The van der Waals surface area contributed by atoms with Crippen LogP contribution >= 0.6 is 11.6 Å². The lowest BCUT2D eigenvalue weighted by molar-refractivity contribution is 0.171. The van der Waals surface area contributed by atoms with Crippen LogP contribution in [0.25, 0.3) is 0 Å². The van der Waals surface area contributed by atoms with Gasteiger partial charge in [0.25, 0.3) is 0 Å².